The lowest BCUT2D eigenvalue weighted by molar-refractivity contribution is -0.308. The van der Waals surface area contributed by atoms with Gasteiger partial charge in [0.2, 0.25) is 19.2 Å². The van der Waals surface area contributed by atoms with Gasteiger partial charge in [0.05, 0.1) is 0 Å². The van der Waals surface area contributed by atoms with Gasteiger partial charge in [0, 0.05) is 12.8 Å². The van der Waals surface area contributed by atoms with Crippen LogP contribution in [0.15, 0.2) is 0 Å². The zero-order chi connectivity index (χ0) is 14.0. The minimum Gasteiger partial charge on any atom is -0.361 e. The molecule has 4 atom stereocenters. The summed E-state index contributed by atoms with van der Waals surface area (Å²) in [5, 5.41) is 20.4. The number of ether oxygens (including phenoxy) is 2. The Morgan fingerprint density at radius 1 is 0.778 bits per heavy atom. The molecule has 106 valence electrons. The maximum atomic E-state index is 10.2. The van der Waals surface area contributed by atoms with Crippen molar-refractivity contribution in [1.82, 2.24) is 0 Å². The Balaban J connectivity index is 2.21. The van der Waals surface area contributed by atoms with Crippen LogP contribution in [0.1, 0.15) is 12.8 Å². The molecule has 2 aliphatic rings. The monoisotopic (exact) mass is 378 g/mol. The van der Waals surface area contributed by atoms with Crippen LogP contribution in [-0.4, -0.2) is 41.6 Å². The van der Waals surface area contributed by atoms with Gasteiger partial charge in [-0.15, -0.1) is 0 Å². The first-order chi connectivity index (χ1) is 7.87. The minimum absolute atomic E-state index is 0.253. The van der Waals surface area contributed by atoms with Crippen molar-refractivity contribution in [2.45, 2.75) is 44.2 Å². The number of rotatable bonds is 0. The Bertz CT molecular complexity index is 304. The molecule has 4 nitrogen and oxygen atoms in total. The predicted octanol–water partition coefficient (Wildman–Crippen LogP) is 2.68. The van der Waals surface area contributed by atoms with E-state index in [0.29, 0.717) is 0 Å². The van der Waals surface area contributed by atoms with Crippen molar-refractivity contribution in [3.05, 3.63) is 0 Å². The molecule has 0 aliphatic carbocycles. The molecule has 0 spiro atoms. The molecular weight excluding hydrogens is 373 g/mol. The van der Waals surface area contributed by atoms with Gasteiger partial charge in [-0.1, -0.05) is 69.6 Å². The highest BCUT2D eigenvalue weighted by molar-refractivity contribution is 6.68. The number of hydrogen-bond donors (Lipinski definition) is 2. The Morgan fingerprint density at radius 3 is 1.28 bits per heavy atom. The average Bonchev–Trinajstić information content (AvgIpc) is 2.48. The first-order valence-electron chi connectivity index (χ1n) is 4.81. The number of hydrogen-bond acceptors (Lipinski definition) is 4. The molecule has 0 aromatic carbocycles. The van der Waals surface area contributed by atoms with Gasteiger partial charge in [0.25, 0.3) is 0 Å². The van der Waals surface area contributed by atoms with E-state index in [1.54, 1.807) is 0 Å². The van der Waals surface area contributed by atoms with E-state index in [9.17, 15) is 10.2 Å². The van der Waals surface area contributed by atoms with Gasteiger partial charge in [-0.05, 0) is 0 Å². The topological polar surface area (TPSA) is 58.9 Å². The van der Waals surface area contributed by atoms with Crippen molar-refractivity contribution in [3.8, 4) is 0 Å². The average molecular weight is 381 g/mol. The van der Waals surface area contributed by atoms with Crippen LogP contribution in [-0.2, 0) is 9.47 Å². The SMILES string of the molecule is O[C@@]12C[C@@H](C(Cl)(Cl)Cl)O[C@@]1(O)C[C@@H](C(Cl)(Cl)Cl)O2. The minimum atomic E-state index is -2.07. The maximum absolute atomic E-state index is 10.2. The summed E-state index contributed by atoms with van der Waals surface area (Å²) in [5.74, 6) is -4.15. The van der Waals surface area contributed by atoms with Gasteiger partial charge in [0.1, 0.15) is 12.2 Å². The maximum Gasteiger partial charge on any atom is 0.224 e. The van der Waals surface area contributed by atoms with E-state index in [1.165, 1.54) is 0 Å². The van der Waals surface area contributed by atoms with Crippen molar-refractivity contribution < 1.29 is 19.7 Å². The highest BCUT2D eigenvalue weighted by Crippen LogP contribution is 2.56. The zero-order valence-corrected chi connectivity index (χ0v) is 13.1. The van der Waals surface area contributed by atoms with E-state index in [0.717, 1.165) is 0 Å². The Morgan fingerprint density at radius 2 is 1.06 bits per heavy atom. The summed E-state index contributed by atoms with van der Waals surface area (Å²) in [7, 11) is 0. The van der Waals surface area contributed by atoms with Crippen LogP contribution in [0.25, 0.3) is 0 Å². The quantitative estimate of drug-likeness (QED) is 0.634. The molecule has 0 aromatic heterocycles. The number of halogens is 6. The van der Waals surface area contributed by atoms with Crippen molar-refractivity contribution in [3.63, 3.8) is 0 Å². The largest absolute Gasteiger partial charge is 0.361 e. The molecule has 0 aromatic rings. The smallest absolute Gasteiger partial charge is 0.224 e. The second kappa shape index (κ2) is 4.54. The third kappa shape index (κ3) is 2.67. The molecule has 2 aliphatic heterocycles. The zero-order valence-electron chi connectivity index (χ0n) is 8.55. The van der Waals surface area contributed by atoms with Crippen LogP contribution < -0.4 is 0 Å². The van der Waals surface area contributed by atoms with Crippen LogP contribution in [0.5, 0.6) is 0 Å². The molecular formula is C8H8Cl6O4. The van der Waals surface area contributed by atoms with Gasteiger partial charge in [-0.2, -0.15) is 0 Å². The summed E-state index contributed by atoms with van der Waals surface area (Å²) in [6, 6.07) is 0. The fourth-order valence-electron chi connectivity index (χ4n) is 2.02. The van der Waals surface area contributed by atoms with Crippen LogP contribution >= 0.6 is 69.6 Å². The first kappa shape index (κ1) is 16.0. The van der Waals surface area contributed by atoms with Gasteiger partial charge < -0.3 is 19.7 Å². The summed E-state index contributed by atoms with van der Waals surface area (Å²) in [6.45, 7) is 0. The standard InChI is InChI=1S/C8H8Cl6O4/c9-7(10,11)3-1-5(15)6(16,17-3)2-4(18-5)8(12,13)14/h3-4,15-16H,1-2H2/t3-,4-,5-,6+/m0/s1. The van der Waals surface area contributed by atoms with Crippen LogP contribution in [0.4, 0.5) is 0 Å². The third-order valence-electron chi connectivity index (χ3n) is 2.94. The van der Waals surface area contributed by atoms with Gasteiger partial charge in [-0.25, -0.2) is 0 Å². The number of fused-ring (bicyclic) bond motifs is 1. The molecule has 2 fully saturated rings. The van der Waals surface area contributed by atoms with Crippen LogP contribution in [0, 0.1) is 0 Å². The third-order valence-corrected chi connectivity index (χ3v) is 4.40. The van der Waals surface area contributed by atoms with Gasteiger partial charge >= 0.3 is 0 Å². The summed E-state index contributed by atoms with van der Waals surface area (Å²) in [4.78, 5) is 0. The molecule has 2 N–H and O–H groups in total. The second-order valence-corrected chi connectivity index (χ2v) is 9.01. The number of alkyl halides is 6. The molecule has 0 saturated carbocycles. The van der Waals surface area contributed by atoms with E-state index in [1.807, 2.05) is 0 Å². The predicted molar refractivity (Wildman–Crippen MR) is 69.5 cm³/mol. The molecule has 0 radical (unpaired) electrons. The van der Waals surface area contributed by atoms with E-state index in [-0.39, 0.29) is 12.8 Å². The lowest BCUT2D eigenvalue weighted by atomic mass is 10.0. The summed E-state index contributed by atoms with van der Waals surface area (Å²) < 4.78 is 6.73. The lowest BCUT2D eigenvalue weighted by Crippen LogP contribution is -2.46. The van der Waals surface area contributed by atoms with E-state index < -0.39 is 31.4 Å². The fraction of sp³-hybridized carbons (Fsp3) is 1.00. The van der Waals surface area contributed by atoms with Crippen molar-refractivity contribution >= 4 is 69.6 Å². The van der Waals surface area contributed by atoms with Crippen molar-refractivity contribution in [2.24, 2.45) is 0 Å². The first-order valence-corrected chi connectivity index (χ1v) is 7.08. The van der Waals surface area contributed by atoms with Gasteiger partial charge in [-0.3, -0.25) is 0 Å². The number of aliphatic hydroxyl groups is 2. The molecule has 10 heteroatoms. The molecule has 18 heavy (non-hydrogen) atoms. The van der Waals surface area contributed by atoms with E-state index in [2.05, 4.69) is 0 Å². The highest BCUT2D eigenvalue weighted by atomic mass is 35.6. The van der Waals surface area contributed by atoms with E-state index in [4.69, 9.17) is 79.1 Å². The molecule has 2 saturated heterocycles. The molecule has 0 bridgehead atoms. The van der Waals surface area contributed by atoms with Gasteiger partial charge in [0.15, 0.2) is 0 Å². The molecule has 2 heterocycles. The normalized spacial score (nSPS) is 45.3. The Hall–Kier alpha value is 1.58. The fourth-order valence-corrected chi connectivity index (χ4v) is 2.75. The van der Waals surface area contributed by atoms with E-state index >= 15 is 0 Å². The second-order valence-electron chi connectivity index (χ2n) is 4.27. The summed E-state index contributed by atoms with van der Waals surface area (Å²) in [5.41, 5.74) is 0. The Kier molecular flexibility index (Phi) is 4.02. The molecule has 2 rings (SSSR count). The van der Waals surface area contributed by atoms with Crippen LogP contribution in [0.2, 0.25) is 0 Å². The van der Waals surface area contributed by atoms with Crippen molar-refractivity contribution in [1.29, 1.82) is 0 Å². The highest BCUT2D eigenvalue weighted by Gasteiger charge is 2.70. The summed E-state index contributed by atoms with van der Waals surface area (Å²) >= 11 is 33.9. The molecule has 0 unspecified atom stereocenters. The summed E-state index contributed by atoms with van der Waals surface area (Å²) in [6.07, 6.45) is -2.57. The Labute approximate surface area is 133 Å². The van der Waals surface area contributed by atoms with Crippen LogP contribution in [0.3, 0.4) is 0 Å². The molecule has 0 amide bonds. The lowest BCUT2D eigenvalue weighted by Gasteiger charge is -2.27. The van der Waals surface area contributed by atoms with Crippen molar-refractivity contribution in [2.75, 3.05) is 0 Å².